The molecule has 0 spiro atoms. The number of hydrogen-bond acceptors (Lipinski definition) is 7. The Hall–Kier alpha value is -4.32. The lowest BCUT2D eigenvalue weighted by Gasteiger charge is -2.18. The molecule has 1 aliphatic heterocycles. The van der Waals surface area contributed by atoms with Crippen LogP contribution in [0.4, 0.5) is 18.9 Å². The summed E-state index contributed by atoms with van der Waals surface area (Å²) in [7, 11) is 1.54. The molecule has 1 aliphatic rings. The number of pyridine rings is 2. The lowest BCUT2D eigenvalue weighted by molar-refractivity contribution is -0.137. The molecule has 1 saturated heterocycles. The first-order valence-corrected chi connectivity index (χ1v) is 12.3. The Kier molecular flexibility index (Phi) is 7.29. The maximum Gasteiger partial charge on any atom is 0.416 e. The first kappa shape index (κ1) is 26.3. The van der Waals surface area contributed by atoms with Crippen molar-refractivity contribution in [1.82, 2.24) is 29.9 Å². The van der Waals surface area contributed by atoms with Crippen molar-refractivity contribution in [1.29, 1.82) is 0 Å². The van der Waals surface area contributed by atoms with Crippen LogP contribution in [0.2, 0.25) is 0 Å². The van der Waals surface area contributed by atoms with E-state index in [1.54, 1.807) is 43.7 Å². The number of alkyl halides is 3. The zero-order valence-electron chi connectivity index (χ0n) is 21.4. The lowest BCUT2D eigenvalue weighted by Crippen LogP contribution is -2.20. The third-order valence-corrected chi connectivity index (χ3v) is 6.49. The number of anilines is 1. The van der Waals surface area contributed by atoms with E-state index in [9.17, 15) is 18.0 Å². The Balaban J connectivity index is 1.40. The number of nitrogens with zero attached hydrogens (tertiary/aromatic N) is 6. The summed E-state index contributed by atoms with van der Waals surface area (Å²) in [4.78, 5) is 23.6. The highest BCUT2D eigenvalue weighted by Crippen LogP contribution is 2.33. The van der Waals surface area contributed by atoms with Crippen LogP contribution in [0.3, 0.4) is 0 Å². The molecular formula is C27H26F3N7O2. The molecule has 4 heterocycles. The molecule has 0 unspecified atom stereocenters. The third-order valence-electron chi connectivity index (χ3n) is 6.49. The number of nitrogens with one attached hydrogen (secondary N) is 1. The van der Waals surface area contributed by atoms with Crippen LogP contribution in [-0.2, 0) is 12.7 Å². The fourth-order valence-corrected chi connectivity index (χ4v) is 4.48. The molecule has 1 N–H and O–H groups in total. The molecule has 0 saturated carbocycles. The molecule has 1 fully saturated rings. The minimum Gasteiger partial charge on any atom is -0.495 e. The topological polar surface area (TPSA) is 98.1 Å². The second-order valence-corrected chi connectivity index (χ2v) is 9.34. The second-order valence-electron chi connectivity index (χ2n) is 9.34. The van der Waals surface area contributed by atoms with Gasteiger partial charge in [0.05, 0.1) is 42.0 Å². The number of benzene rings is 1. The molecule has 9 nitrogen and oxygen atoms in total. The molecular weight excluding hydrogens is 511 g/mol. The SMILES string of the molecule is COc1cncc(-c2cn(-c3cc(C(=O)Nc4cc(CN5CCCC5)cc(C(F)(F)F)c4)cnc3C)nn2)c1. The van der Waals surface area contributed by atoms with Gasteiger partial charge in [-0.15, -0.1) is 5.10 Å². The minimum atomic E-state index is -4.54. The number of amides is 1. The van der Waals surface area contributed by atoms with E-state index in [1.165, 1.54) is 18.0 Å². The Bertz CT molecular complexity index is 1500. The number of carbonyl (C=O) groups excluding carboxylic acids is 1. The van der Waals surface area contributed by atoms with Crippen molar-refractivity contribution in [2.75, 3.05) is 25.5 Å². The van der Waals surface area contributed by atoms with Crippen LogP contribution < -0.4 is 10.1 Å². The Labute approximate surface area is 222 Å². The van der Waals surface area contributed by atoms with Gasteiger partial charge in [-0.2, -0.15) is 13.2 Å². The highest BCUT2D eigenvalue weighted by Gasteiger charge is 2.31. The van der Waals surface area contributed by atoms with Crippen LogP contribution in [0.15, 0.2) is 55.1 Å². The smallest absolute Gasteiger partial charge is 0.416 e. The molecule has 5 rings (SSSR count). The number of rotatable bonds is 7. The molecule has 1 amide bonds. The zero-order valence-corrected chi connectivity index (χ0v) is 21.4. The monoisotopic (exact) mass is 537 g/mol. The number of hydrogen-bond donors (Lipinski definition) is 1. The molecule has 0 radical (unpaired) electrons. The van der Waals surface area contributed by atoms with E-state index in [0.717, 1.165) is 38.1 Å². The van der Waals surface area contributed by atoms with Crippen molar-refractivity contribution < 1.29 is 22.7 Å². The van der Waals surface area contributed by atoms with E-state index in [1.807, 2.05) is 0 Å². The van der Waals surface area contributed by atoms with Crippen LogP contribution in [0.5, 0.6) is 5.75 Å². The summed E-state index contributed by atoms with van der Waals surface area (Å²) in [6, 6.07) is 7.00. The van der Waals surface area contributed by atoms with E-state index < -0.39 is 17.6 Å². The lowest BCUT2D eigenvalue weighted by atomic mass is 10.1. The zero-order chi connectivity index (χ0) is 27.6. The van der Waals surface area contributed by atoms with Crippen molar-refractivity contribution in [3.05, 3.63) is 77.5 Å². The number of methoxy groups -OCH3 is 1. The van der Waals surface area contributed by atoms with Crippen LogP contribution in [-0.4, -0.2) is 56.0 Å². The summed E-state index contributed by atoms with van der Waals surface area (Å²) in [5.74, 6) is -0.0238. The molecule has 0 aliphatic carbocycles. The maximum absolute atomic E-state index is 13.6. The second kappa shape index (κ2) is 10.8. The van der Waals surface area contributed by atoms with Crippen molar-refractivity contribution in [3.8, 4) is 22.7 Å². The van der Waals surface area contributed by atoms with Gasteiger partial charge in [-0.25, -0.2) is 4.68 Å². The highest BCUT2D eigenvalue weighted by molar-refractivity contribution is 6.04. The van der Waals surface area contributed by atoms with Gasteiger partial charge in [0.25, 0.3) is 5.91 Å². The van der Waals surface area contributed by atoms with Crippen LogP contribution >= 0.6 is 0 Å². The van der Waals surface area contributed by atoms with E-state index in [-0.39, 0.29) is 11.3 Å². The van der Waals surface area contributed by atoms with Gasteiger partial charge in [-0.3, -0.25) is 19.7 Å². The predicted molar refractivity (Wildman–Crippen MR) is 138 cm³/mol. The first-order valence-electron chi connectivity index (χ1n) is 12.3. The van der Waals surface area contributed by atoms with Gasteiger partial charge >= 0.3 is 6.18 Å². The van der Waals surface area contributed by atoms with Gasteiger partial charge in [-0.1, -0.05) is 5.21 Å². The van der Waals surface area contributed by atoms with Crippen molar-refractivity contribution in [2.45, 2.75) is 32.5 Å². The summed E-state index contributed by atoms with van der Waals surface area (Å²) in [5, 5.41) is 11.0. The first-order chi connectivity index (χ1) is 18.7. The number of carbonyl (C=O) groups is 1. The minimum absolute atomic E-state index is 0.0692. The summed E-state index contributed by atoms with van der Waals surface area (Å²) in [5.41, 5.74) is 2.22. The summed E-state index contributed by atoms with van der Waals surface area (Å²) in [6.45, 7) is 3.82. The number of likely N-dealkylation sites (tertiary alicyclic amines) is 1. The van der Waals surface area contributed by atoms with E-state index in [4.69, 9.17) is 4.74 Å². The number of aromatic nitrogens is 5. The largest absolute Gasteiger partial charge is 0.495 e. The molecule has 3 aromatic heterocycles. The normalized spacial score (nSPS) is 14.0. The predicted octanol–water partition coefficient (Wildman–Crippen LogP) is 4.91. The summed E-state index contributed by atoms with van der Waals surface area (Å²) >= 11 is 0. The van der Waals surface area contributed by atoms with Crippen molar-refractivity contribution in [2.24, 2.45) is 0 Å². The Morgan fingerprint density at radius 3 is 2.62 bits per heavy atom. The quantitative estimate of drug-likeness (QED) is 0.358. The van der Waals surface area contributed by atoms with E-state index in [2.05, 4.69) is 30.5 Å². The molecule has 1 aromatic carbocycles. The number of aryl methyl sites for hydroxylation is 1. The summed E-state index contributed by atoms with van der Waals surface area (Å²) in [6.07, 6.45) is 3.74. The van der Waals surface area contributed by atoms with Gasteiger partial charge in [0, 0.05) is 30.2 Å². The average Bonchev–Trinajstić information content (AvgIpc) is 3.61. The van der Waals surface area contributed by atoms with Crippen LogP contribution in [0, 0.1) is 6.92 Å². The van der Waals surface area contributed by atoms with Gasteiger partial charge in [0.2, 0.25) is 0 Å². The van der Waals surface area contributed by atoms with Gasteiger partial charge in [0.1, 0.15) is 11.4 Å². The average molecular weight is 538 g/mol. The van der Waals surface area contributed by atoms with E-state index in [0.29, 0.717) is 40.5 Å². The van der Waals surface area contributed by atoms with Crippen LogP contribution in [0.1, 0.15) is 40.0 Å². The Morgan fingerprint density at radius 2 is 1.87 bits per heavy atom. The molecule has 12 heteroatoms. The van der Waals surface area contributed by atoms with Crippen molar-refractivity contribution in [3.63, 3.8) is 0 Å². The maximum atomic E-state index is 13.6. The Morgan fingerprint density at radius 1 is 1.08 bits per heavy atom. The van der Waals surface area contributed by atoms with E-state index >= 15 is 0 Å². The van der Waals surface area contributed by atoms with Gasteiger partial charge in [-0.05, 0) is 68.8 Å². The molecule has 4 aromatic rings. The molecule has 0 bridgehead atoms. The highest BCUT2D eigenvalue weighted by atomic mass is 19.4. The molecule has 0 atom stereocenters. The molecule has 202 valence electrons. The third kappa shape index (κ3) is 6.06. The number of ether oxygens (including phenoxy) is 1. The summed E-state index contributed by atoms with van der Waals surface area (Å²) < 4.78 is 47.5. The standard InChI is InChI=1S/C27H26F3N7O2/c1-17-25(37-16-24(34-35-37)19-9-23(39-2)14-31-12-19)10-20(13-32-17)26(38)33-22-8-18(15-36-5-3-4-6-36)7-21(11-22)27(28,29)30/h7-14,16H,3-6,15H2,1-2H3,(H,33,38). The van der Waals surface area contributed by atoms with Gasteiger partial charge < -0.3 is 10.1 Å². The fourth-order valence-electron chi connectivity index (χ4n) is 4.48. The fraction of sp³-hybridized carbons (Fsp3) is 0.296. The number of halogens is 3. The molecule has 39 heavy (non-hydrogen) atoms. The van der Waals surface area contributed by atoms with Gasteiger partial charge in [0.15, 0.2) is 0 Å². The van der Waals surface area contributed by atoms with Crippen LogP contribution in [0.25, 0.3) is 16.9 Å². The van der Waals surface area contributed by atoms with Crippen molar-refractivity contribution >= 4 is 11.6 Å².